The van der Waals surface area contributed by atoms with Crippen molar-refractivity contribution < 1.29 is 0 Å². The second-order valence-electron chi connectivity index (χ2n) is 13.6. The summed E-state index contributed by atoms with van der Waals surface area (Å²) in [5.41, 5.74) is 10.6. The van der Waals surface area contributed by atoms with Gasteiger partial charge in [0.25, 0.3) is 0 Å². The quantitative estimate of drug-likeness (QED) is 0.138. The van der Waals surface area contributed by atoms with E-state index in [0.29, 0.717) is 0 Å². The molecule has 0 atom stereocenters. The smallest absolute Gasteiger partial charge is 0.0165 e. The Labute approximate surface area is 274 Å². The van der Waals surface area contributed by atoms with Crippen LogP contribution in [0.1, 0.15) is 25.0 Å². The van der Waals surface area contributed by atoms with E-state index in [1.165, 1.54) is 98.4 Å². The highest BCUT2D eigenvalue weighted by Crippen LogP contribution is 2.58. The van der Waals surface area contributed by atoms with Gasteiger partial charge in [-0.25, -0.2) is 0 Å². The first-order valence-electron chi connectivity index (χ1n) is 16.6. The summed E-state index contributed by atoms with van der Waals surface area (Å²) >= 11 is 0. The highest BCUT2D eigenvalue weighted by atomic mass is 14.4. The van der Waals surface area contributed by atoms with Gasteiger partial charge in [-0.3, -0.25) is 0 Å². The predicted molar refractivity (Wildman–Crippen MR) is 202 cm³/mol. The molecule has 0 nitrogen and oxygen atoms in total. The van der Waals surface area contributed by atoms with E-state index in [9.17, 15) is 0 Å². The van der Waals surface area contributed by atoms with Crippen molar-refractivity contribution in [3.05, 3.63) is 169 Å². The SMILES string of the molecule is CC1(C)c2cc(-c3ccccc3-c3c4ccccc4cc4ccccc34)c3ccccc3c2-c2c1c1ccccc1c1ccccc21. The molecule has 0 aromatic heterocycles. The molecule has 0 amide bonds. The fourth-order valence-corrected chi connectivity index (χ4v) is 8.79. The molecule has 0 radical (unpaired) electrons. The van der Waals surface area contributed by atoms with Crippen LogP contribution in [0.25, 0.3) is 87.2 Å². The Balaban J connectivity index is 1.35. The number of fused-ring (bicyclic) bond motifs is 12. The van der Waals surface area contributed by atoms with E-state index in [0.717, 1.165) is 0 Å². The van der Waals surface area contributed by atoms with Crippen LogP contribution in [0.15, 0.2) is 158 Å². The Kier molecular flexibility index (Phi) is 5.44. The molecule has 1 aliphatic carbocycles. The topological polar surface area (TPSA) is 0 Å². The van der Waals surface area contributed by atoms with Gasteiger partial charge in [0.1, 0.15) is 0 Å². The largest absolute Gasteiger partial charge is 0.0616 e. The lowest BCUT2D eigenvalue weighted by atomic mass is 9.78. The lowest BCUT2D eigenvalue weighted by Gasteiger charge is -2.25. The molecule has 0 saturated heterocycles. The van der Waals surface area contributed by atoms with Crippen LogP contribution in [0.4, 0.5) is 0 Å². The molecule has 0 heterocycles. The molecule has 9 aromatic rings. The van der Waals surface area contributed by atoms with E-state index in [4.69, 9.17) is 0 Å². The molecule has 47 heavy (non-hydrogen) atoms. The number of hydrogen-bond acceptors (Lipinski definition) is 0. The number of rotatable bonds is 2. The molecule has 10 rings (SSSR count). The summed E-state index contributed by atoms with van der Waals surface area (Å²) in [6.07, 6.45) is 0. The Morgan fingerprint density at radius 1 is 0.319 bits per heavy atom. The highest BCUT2D eigenvalue weighted by Gasteiger charge is 2.40. The van der Waals surface area contributed by atoms with Gasteiger partial charge >= 0.3 is 0 Å². The van der Waals surface area contributed by atoms with E-state index < -0.39 is 0 Å². The molecule has 220 valence electrons. The summed E-state index contributed by atoms with van der Waals surface area (Å²) < 4.78 is 0. The van der Waals surface area contributed by atoms with Gasteiger partial charge in [0.15, 0.2) is 0 Å². The maximum absolute atomic E-state index is 2.54. The van der Waals surface area contributed by atoms with E-state index >= 15 is 0 Å². The normalized spacial score (nSPS) is 13.5. The number of hydrogen-bond donors (Lipinski definition) is 0. The maximum Gasteiger partial charge on any atom is 0.0165 e. The molecular formula is C47H32. The molecular weight excluding hydrogens is 565 g/mol. The summed E-state index contributed by atoms with van der Waals surface area (Å²) in [5, 5.41) is 13.1. The van der Waals surface area contributed by atoms with Crippen LogP contribution in [0.5, 0.6) is 0 Å². The summed E-state index contributed by atoms with van der Waals surface area (Å²) in [6.45, 7) is 4.86. The van der Waals surface area contributed by atoms with E-state index in [1.54, 1.807) is 0 Å². The van der Waals surface area contributed by atoms with Crippen LogP contribution in [0.3, 0.4) is 0 Å². The first-order chi connectivity index (χ1) is 23.1. The monoisotopic (exact) mass is 596 g/mol. The lowest BCUT2D eigenvalue weighted by molar-refractivity contribution is 0.667. The molecule has 0 unspecified atom stereocenters. The van der Waals surface area contributed by atoms with Crippen LogP contribution in [-0.4, -0.2) is 0 Å². The van der Waals surface area contributed by atoms with Crippen molar-refractivity contribution in [3.8, 4) is 33.4 Å². The fraction of sp³-hybridized carbons (Fsp3) is 0.0638. The molecule has 0 N–H and O–H groups in total. The predicted octanol–water partition coefficient (Wildman–Crippen LogP) is 13.1. The van der Waals surface area contributed by atoms with Gasteiger partial charge in [0, 0.05) is 5.41 Å². The van der Waals surface area contributed by atoms with Gasteiger partial charge in [-0.2, -0.15) is 0 Å². The molecule has 0 bridgehead atoms. The second-order valence-corrected chi connectivity index (χ2v) is 13.6. The Morgan fingerprint density at radius 3 is 1.40 bits per heavy atom. The summed E-state index contributed by atoms with van der Waals surface area (Å²) in [6, 6.07) is 58.7. The molecule has 1 aliphatic rings. The summed E-state index contributed by atoms with van der Waals surface area (Å²) in [5.74, 6) is 0. The lowest BCUT2D eigenvalue weighted by Crippen LogP contribution is -2.16. The first kappa shape index (κ1) is 26.5. The second kappa shape index (κ2) is 9.64. The van der Waals surface area contributed by atoms with Gasteiger partial charge < -0.3 is 0 Å². The third-order valence-electron chi connectivity index (χ3n) is 10.8. The Morgan fingerprint density at radius 2 is 0.766 bits per heavy atom. The minimum Gasteiger partial charge on any atom is -0.0616 e. The van der Waals surface area contributed by atoms with Crippen molar-refractivity contribution in [2.75, 3.05) is 0 Å². The third kappa shape index (κ3) is 3.59. The van der Waals surface area contributed by atoms with Crippen molar-refractivity contribution in [2.24, 2.45) is 0 Å². The average molecular weight is 597 g/mol. The summed E-state index contributed by atoms with van der Waals surface area (Å²) in [4.78, 5) is 0. The average Bonchev–Trinajstić information content (AvgIpc) is 3.37. The Bertz CT molecular complexity index is 2700. The molecule has 9 aromatic carbocycles. The van der Waals surface area contributed by atoms with Crippen LogP contribution in [0.2, 0.25) is 0 Å². The molecule has 0 saturated carbocycles. The van der Waals surface area contributed by atoms with Crippen LogP contribution >= 0.6 is 0 Å². The zero-order chi connectivity index (χ0) is 31.3. The minimum absolute atomic E-state index is 0.186. The Hall–Kier alpha value is -5.72. The number of benzene rings is 9. The van der Waals surface area contributed by atoms with Crippen LogP contribution in [0, 0.1) is 0 Å². The zero-order valence-corrected chi connectivity index (χ0v) is 26.5. The minimum atomic E-state index is -0.186. The fourth-order valence-electron chi connectivity index (χ4n) is 8.79. The van der Waals surface area contributed by atoms with Gasteiger partial charge in [-0.1, -0.05) is 159 Å². The maximum atomic E-state index is 2.54. The van der Waals surface area contributed by atoms with Crippen molar-refractivity contribution in [2.45, 2.75) is 19.3 Å². The molecule has 0 fully saturated rings. The first-order valence-corrected chi connectivity index (χ1v) is 16.6. The van der Waals surface area contributed by atoms with Crippen LogP contribution < -0.4 is 0 Å². The van der Waals surface area contributed by atoms with Crippen molar-refractivity contribution >= 4 is 53.9 Å². The van der Waals surface area contributed by atoms with Gasteiger partial charge in [-0.15, -0.1) is 0 Å². The van der Waals surface area contributed by atoms with E-state index in [-0.39, 0.29) is 5.41 Å². The van der Waals surface area contributed by atoms with Gasteiger partial charge in [0.2, 0.25) is 0 Å². The van der Waals surface area contributed by atoms with Crippen molar-refractivity contribution in [1.82, 2.24) is 0 Å². The zero-order valence-electron chi connectivity index (χ0n) is 26.5. The highest BCUT2D eigenvalue weighted by molar-refractivity contribution is 6.23. The standard InChI is InChI=1S/C47H32/c1-47(2)42-28-41(35-21-8-11-23-37(35)43-31-17-5-3-15-29(31)27-30-16-4-6-18-32(30)43)36-22-9-12-24-38(36)44(42)45-39-25-13-7-19-33(39)34-20-10-14-26-40(34)46(45)47/h3-28H,1-2H3. The summed E-state index contributed by atoms with van der Waals surface area (Å²) in [7, 11) is 0. The van der Waals surface area contributed by atoms with E-state index in [1.807, 2.05) is 0 Å². The van der Waals surface area contributed by atoms with Crippen molar-refractivity contribution in [1.29, 1.82) is 0 Å². The third-order valence-corrected chi connectivity index (χ3v) is 10.8. The van der Waals surface area contributed by atoms with E-state index in [2.05, 4.69) is 172 Å². The molecule has 0 heteroatoms. The van der Waals surface area contributed by atoms with Crippen LogP contribution in [-0.2, 0) is 5.41 Å². The molecule has 0 aliphatic heterocycles. The van der Waals surface area contributed by atoms with Gasteiger partial charge in [0.05, 0.1) is 0 Å². The van der Waals surface area contributed by atoms with Crippen molar-refractivity contribution in [3.63, 3.8) is 0 Å². The molecule has 0 spiro atoms. The van der Waals surface area contributed by atoms with Gasteiger partial charge in [-0.05, 0) is 111 Å².